The molecule has 5 N–H and O–H groups in total. The van der Waals surface area contributed by atoms with E-state index in [-0.39, 0.29) is 23.7 Å². The molecule has 1 saturated carbocycles. The Hall–Kier alpha value is -2.90. The Bertz CT molecular complexity index is 749. The molecule has 8 nitrogen and oxygen atoms in total. The first-order chi connectivity index (χ1) is 14.9. The van der Waals surface area contributed by atoms with Crippen LogP contribution in [0.15, 0.2) is 35.3 Å². The van der Waals surface area contributed by atoms with Gasteiger partial charge in [-0.05, 0) is 37.7 Å². The maximum Gasteiger partial charge on any atom is 0.226 e. The first-order valence-electron chi connectivity index (χ1n) is 11.0. The monoisotopic (exact) mass is 429 g/mol. The molecule has 0 bridgehead atoms. The molecule has 0 radical (unpaired) electrons. The molecule has 170 valence electrons. The molecule has 1 aliphatic rings. The van der Waals surface area contributed by atoms with Crippen molar-refractivity contribution < 1.29 is 14.4 Å². The lowest BCUT2D eigenvalue weighted by Gasteiger charge is -2.33. The summed E-state index contributed by atoms with van der Waals surface area (Å²) in [4.78, 5) is 43.1. The van der Waals surface area contributed by atoms with Gasteiger partial charge in [0.25, 0.3) is 0 Å². The lowest BCUT2D eigenvalue weighted by Crippen LogP contribution is -2.47. The zero-order chi connectivity index (χ0) is 22.6. The highest BCUT2D eigenvalue weighted by molar-refractivity contribution is 5.89. The predicted molar refractivity (Wildman–Crippen MR) is 121 cm³/mol. The van der Waals surface area contributed by atoms with Crippen molar-refractivity contribution in [2.45, 2.75) is 51.0 Å². The van der Waals surface area contributed by atoms with Crippen LogP contribution in [0.2, 0.25) is 0 Å². The number of carbonyl (C=O) groups is 3. The largest absolute Gasteiger partial charge is 0.370 e. The summed E-state index contributed by atoms with van der Waals surface area (Å²) < 4.78 is 0. The van der Waals surface area contributed by atoms with Gasteiger partial charge in [-0.2, -0.15) is 0 Å². The summed E-state index contributed by atoms with van der Waals surface area (Å²) in [6.45, 7) is 1.01. The van der Waals surface area contributed by atoms with Gasteiger partial charge in [0.2, 0.25) is 11.8 Å². The third-order valence-corrected chi connectivity index (χ3v) is 5.83. The summed E-state index contributed by atoms with van der Waals surface area (Å²) in [5, 5.41) is 2.82. The van der Waals surface area contributed by atoms with E-state index in [9.17, 15) is 14.4 Å². The van der Waals surface area contributed by atoms with Crippen molar-refractivity contribution in [1.29, 1.82) is 0 Å². The van der Waals surface area contributed by atoms with Crippen molar-refractivity contribution in [3.05, 3.63) is 35.9 Å². The molecule has 0 spiro atoms. The Kier molecular flexibility index (Phi) is 10.00. The van der Waals surface area contributed by atoms with E-state index < -0.39 is 12.0 Å². The quantitative estimate of drug-likeness (QED) is 0.211. The van der Waals surface area contributed by atoms with Gasteiger partial charge in [0, 0.05) is 32.0 Å². The minimum absolute atomic E-state index is 0.00573. The van der Waals surface area contributed by atoms with Gasteiger partial charge < -0.3 is 26.5 Å². The number of nitrogens with zero attached hydrogens (tertiary/aromatic N) is 2. The van der Waals surface area contributed by atoms with Crippen LogP contribution in [0, 0.1) is 11.8 Å². The second kappa shape index (κ2) is 12.7. The molecule has 8 heteroatoms. The molecule has 0 heterocycles. The summed E-state index contributed by atoms with van der Waals surface area (Å²) in [7, 11) is 1.80. The zero-order valence-corrected chi connectivity index (χ0v) is 18.3. The van der Waals surface area contributed by atoms with Gasteiger partial charge in [-0.3, -0.25) is 14.6 Å². The molecular formula is C23H35N5O3. The van der Waals surface area contributed by atoms with Crippen molar-refractivity contribution in [2.75, 3.05) is 20.1 Å². The second-order valence-corrected chi connectivity index (χ2v) is 8.19. The number of carbonyl (C=O) groups excluding carboxylic acids is 3. The number of rotatable bonds is 11. The normalized spacial score (nSPS) is 19.1. The Morgan fingerprint density at radius 2 is 1.87 bits per heavy atom. The van der Waals surface area contributed by atoms with Gasteiger partial charge in [-0.25, -0.2) is 0 Å². The number of aliphatic imine (C=N–C) groups is 1. The molecule has 0 aromatic heterocycles. The van der Waals surface area contributed by atoms with Crippen molar-refractivity contribution in [1.82, 2.24) is 10.2 Å². The fraction of sp³-hybridized carbons (Fsp3) is 0.565. The molecule has 0 unspecified atom stereocenters. The SMILES string of the molecule is CN(CCc1ccccc1)C(=O)[C@H]1CCCC[C@@H]1C(=O)N[C@@H](C=O)CCCN=C(N)N. The second-order valence-electron chi connectivity index (χ2n) is 8.19. The Morgan fingerprint density at radius 3 is 2.52 bits per heavy atom. The number of nitrogens with two attached hydrogens (primary N) is 2. The number of hydrogen-bond donors (Lipinski definition) is 3. The van der Waals surface area contributed by atoms with Crippen LogP contribution < -0.4 is 16.8 Å². The van der Waals surface area contributed by atoms with Gasteiger partial charge in [0.1, 0.15) is 6.29 Å². The van der Waals surface area contributed by atoms with E-state index in [1.807, 2.05) is 30.3 Å². The van der Waals surface area contributed by atoms with Crippen molar-refractivity contribution in [3.63, 3.8) is 0 Å². The molecule has 0 aliphatic heterocycles. The maximum absolute atomic E-state index is 13.1. The fourth-order valence-corrected chi connectivity index (χ4v) is 4.06. The van der Waals surface area contributed by atoms with Crippen LogP contribution in [0.5, 0.6) is 0 Å². The van der Waals surface area contributed by atoms with Crippen molar-refractivity contribution in [3.8, 4) is 0 Å². The molecule has 1 fully saturated rings. The standard InChI is InChI=1S/C23H35N5O3/c1-28(15-13-17-8-3-2-4-9-17)22(31)20-12-6-5-11-19(20)21(30)27-18(16-29)10-7-14-26-23(24)25/h2-4,8-9,16,18-20H,5-7,10-15H2,1H3,(H,27,30)(H4,24,25,26)/t18-,19+,20+/m1/s1. The smallest absolute Gasteiger partial charge is 0.226 e. The van der Waals surface area contributed by atoms with Crippen LogP contribution in [-0.2, 0) is 20.8 Å². The Labute approximate surface area is 184 Å². The summed E-state index contributed by atoms with van der Waals surface area (Å²) in [6.07, 6.45) is 5.74. The Morgan fingerprint density at radius 1 is 1.19 bits per heavy atom. The fourth-order valence-electron chi connectivity index (χ4n) is 4.06. The lowest BCUT2D eigenvalue weighted by molar-refractivity contribution is -0.143. The molecule has 2 amide bonds. The number of aldehydes is 1. The lowest BCUT2D eigenvalue weighted by atomic mass is 9.77. The number of nitrogens with one attached hydrogen (secondary N) is 1. The molecule has 0 saturated heterocycles. The van der Waals surface area contributed by atoms with E-state index >= 15 is 0 Å². The molecule has 2 rings (SSSR count). The number of guanidine groups is 1. The predicted octanol–water partition coefficient (Wildman–Crippen LogP) is 1.23. The number of likely N-dealkylation sites (N-methyl/N-ethyl adjacent to an activating group) is 1. The molecule has 1 aromatic carbocycles. The summed E-state index contributed by atoms with van der Waals surface area (Å²) in [6, 6.07) is 9.43. The first-order valence-corrected chi connectivity index (χ1v) is 11.0. The molecule has 31 heavy (non-hydrogen) atoms. The number of hydrogen-bond acceptors (Lipinski definition) is 4. The van der Waals surface area contributed by atoms with Crippen LogP contribution in [0.3, 0.4) is 0 Å². The first kappa shape index (κ1) is 24.4. The van der Waals surface area contributed by atoms with Gasteiger partial charge in [-0.1, -0.05) is 43.2 Å². The minimum atomic E-state index is -0.602. The van der Waals surface area contributed by atoms with E-state index in [1.54, 1.807) is 11.9 Å². The van der Waals surface area contributed by atoms with Gasteiger partial charge in [-0.15, -0.1) is 0 Å². The highest BCUT2D eigenvalue weighted by Crippen LogP contribution is 2.31. The molecular weight excluding hydrogens is 394 g/mol. The summed E-state index contributed by atoms with van der Waals surface area (Å²) >= 11 is 0. The van der Waals surface area contributed by atoms with Crippen LogP contribution in [0.4, 0.5) is 0 Å². The summed E-state index contributed by atoms with van der Waals surface area (Å²) in [5.41, 5.74) is 11.8. The highest BCUT2D eigenvalue weighted by atomic mass is 16.2. The number of amides is 2. The average Bonchev–Trinajstić information content (AvgIpc) is 2.79. The Balaban J connectivity index is 1.91. The highest BCUT2D eigenvalue weighted by Gasteiger charge is 2.37. The van der Waals surface area contributed by atoms with Gasteiger partial charge >= 0.3 is 0 Å². The van der Waals surface area contributed by atoms with Crippen LogP contribution in [-0.4, -0.2) is 55.1 Å². The van der Waals surface area contributed by atoms with Crippen LogP contribution in [0.25, 0.3) is 0 Å². The van der Waals surface area contributed by atoms with Crippen molar-refractivity contribution >= 4 is 24.1 Å². The van der Waals surface area contributed by atoms with E-state index in [0.717, 1.165) is 25.5 Å². The molecule has 1 aliphatic carbocycles. The number of benzene rings is 1. The summed E-state index contributed by atoms with van der Waals surface area (Å²) in [5.74, 6) is -0.949. The average molecular weight is 430 g/mol. The van der Waals surface area contributed by atoms with Gasteiger partial charge in [0.05, 0.1) is 6.04 Å². The minimum Gasteiger partial charge on any atom is -0.370 e. The maximum atomic E-state index is 13.1. The molecule has 3 atom stereocenters. The van der Waals surface area contributed by atoms with Crippen LogP contribution >= 0.6 is 0 Å². The van der Waals surface area contributed by atoms with Crippen molar-refractivity contribution in [2.24, 2.45) is 28.3 Å². The van der Waals surface area contributed by atoms with E-state index in [1.165, 1.54) is 5.56 Å². The topological polar surface area (TPSA) is 131 Å². The van der Waals surface area contributed by atoms with E-state index in [4.69, 9.17) is 11.5 Å². The van der Waals surface area contributed by atoms with E-state index in [0.29, 0.717) is 38.8 Å². The van der Waals surface area contributed by atoms with Gasteiger partial charge in [0.15, 0.2) is 5.96 Å². The third-order valence-electron chi connectivity index (χ3n) is 5.83. The van der Waals surface area contributed by atoms with Crippen LogP contribution in [0.1, 0.15) is 44.1 Å². The zero-order valence-electron chi connectivity index (χ0n) is 18.3. The van der Waals surface area contributed by atoms with E-state index in [2.05, 4.69) is 10.3 Å². The molecule has 1 aromatic rings. The third kappa shape index (κ3) is 8.03.